The highest BCUT2D eigenvalue weighted by atomic mass is 16.5. The van der Waals surface area contributed by atoms with Crippen molar-refractivity contribution >= 4 is 11.8 Å². The van der Waals surface area contributed by atoms with Gasteiger partial charge in [0.1, 0.15) is 11.4 Å². The molecule has 1 unspecified atom stereocenters. The van der Waals surface area contributed by atoms with E-state index in [0.29, 0.717) is 6.04 Å². The topological polar surface area (TPSA) is 70.8 Å². The molecule has 1 aliphatic carbocycles. The first-order valence-electron chi connectivity index (χ1n) is 11.4. The molecule has 1 amide bonds. The molecule has 1 aromatic heterocycles. The number of carbonyl (C=O) groups is 1. The lowest BCUT2D eigenvalue weighted by molar-refractivity contribution is 0.0109. The molecule has 7 heteroatoms. The van der Waals surface area contributed by atoms with Crippen molar-refractivity contribution in [3.8, 4) is 16.9 Å². The van der Waals surface area contributed by atoms with Gasteiger partial charge in [0.05, 0.1) is 17.9 Å². The third-order valence-electron chi connectivity index (χ3n) is 7.37. The highest BCUT2D eigenvalue weighted by molar-refractivity contribution is 5.91. The number of nitrogens with zero attached hydrogens (tertiary/aromatic N) is 4. The van der Waals surface area contributed by atoms with E-state index in [-0.39, 0.29) is 11.6 Å². The maximum absolute atomic E-state index is 12.0. The van der Waals surface area contributed by atoms with Crippen molar-refractivity contribution in [1.82, 2.24) is 14.7 Å². The Hall–Kier alpha value is -2.54. The van der Waals surface area contributed by atoms with Gasteiger partial charge in [0, 0.05) is 35.5 Å². The van der Waals surface area contributed by atoms with Crippen LogP contribution < -0.4 is 9.64 Å². The van der Waals surface area contributed by atoms with Crippen LogP contribution in [-0.4, -0.2) is 57.7 Å². The van der Waals surface area contributed by atoms with E-state index in [4.69, 9.17) is 4.74 Å². The van der Waals surface area contributed by atoms with Gasteiger partial charge in [0.15, 0.2) is 0 Å². The number of hydrogen-bond acceptors (Lipinski definition) is 4. The van der Waals surface area contributed by atoms with Gasteiger partial charge >= 0.3 is 6.09 Å². The zero-order chi connectivity index (χ0) is 21.8. The average Bonchev–Trinajstić information content (AvgIpc) is 3.35. The molecule has 31 heavy (non-hydrogen) atoms. The number of carboxylic acid groups (broad SMARTS) is 1. The smallest absolute Gasteiger partial charge is 0.412 e. The van der Waals surface area contributed by atoms with Crippen LogP contribution in [0.1, 0.15) is 57.6 Å². The number of hydrogen-bond donors (Lipinski definition) is 1. The maximum Gasteiger partial charge on any atom is 0.412 e. The Morgan fingerprint density at radius 3 is 2.74 bits per heavy atom. The normalized spacial score (nSPS) is 25.2. The van der Waals surface area contributed by atoms with E-state index in [0.717, 1.165) is 73.3 Å². The number of rotatable bonds is 4. The molecule has 5 rings (SSSR count). The number of likely N-dealkylation sites (N-methyl/N-ethyl adjacent to an activating group) is 1. The summed E-state index contributed by atoms with van der Waals surface area (Å²) in [5.41, 5.74) is 3.66. The number of ether oxygens (including phenoxy) is 1. The molecule has 2 fully saturated rings. The van der Waals surface area contributed by atoms with Gasteiger partial charge < -0.3 is 14.7 Å². The molecule has 2 aliphatic heterocycles. The van der Waals surface area contributed by atoms with E-state index in [1.807, 2.05) is 25.3 Å². The number of anilines is 1. The minimum absolute atomic E-state index is 0.0369. The van der Waals surface area contributed by atoms with E-state index in [1.165, 1.54) is 11.3 Å². The van der Waals surface area contributed by atoms with Gasteiger partial charge in [0.25, 0.3) is 0 Å². The van der Waals surface area contributed by atoms with Crippen LogP contribution in [0.3, 0.4) is 0 Å². The van der Waals surface area contributed by atoms with E-state index >= 15 is 0 Å². The number of amides is 1. The Balaban J connectivity index is 1.57. The van der Waals surface area contributed by atoms with Crippen molar-refractivity contribution in [2.24, 2.45) is 0 Å². The molecule has 1 N–H and O–H groups in total. The Bertz CT molecular complexity index is 997. The first-order valence-corrected chi connectivity index (χ1v) is 11.4. The average molecular weight is 425 g/mol. The van der Waals surface area contributed by atoms with Gasteiger partial charge in [-0.3, -0.25) is 9.58 Å². The Kier molecular flexibility index (Phi) is 4.96. The van der Waals surface area contributed by atoms with E-state index in [1.54, 1.807) is 0 Å². The highest BCUT2D eigenvalue weighted by Crippen LogP contribution is 2.47. The van der Waals surface area contributed by atoms with Crippen LogP contribution >= 0.6 is 0 Å². The van der Waals surface area contributed by atoms with E-state index < -0.39 is 6.09 Å². The molecule has 0 spiro atoms. The standard InChI is InChI=1S/C24H32N4O3/c1-16-5-6-20-21(28(16)23(29)30)8-7-19(22(20)31-24(2)10-4-11-24)17-13-25-27(14-17)18-9-12-26(3)15-18/h7-8,13-14,16,18H,4-6,9-12,15H2,1-3H3,(H,29,30)/t16-,18?/m0/s1. The molecular formula is C24H32N4O3. The summed E-state index contributed by atoms with van der Waals surface area (Å²) in [6.45, 7) is 6.24. The summed E-state index contributed by atoms with van der Waals surface area (Å²) in [6.07, 6.45) is 9.11. The first-order chi connectivity index (χ1) is 14.8. The molecule has 3 aliphatic rings. The quantitative estimate of drug-likeness (QED) is 0.779. The van der Waals surface area contributed by atoms with Crippen LogP contribution in [0.15, 0.2) is 24.5 Å². The predicted octanol–water partition coefficient (Wildman–Crippen LogP) is 4.57. The number of benzene rings is 1. The fraction of sp³-hybridized carbons (Fsp3) is 0.583. The molecule has 1 aromatic carbocycles. The minimum atomic E-state index is -0.903. The molecule has 3 heterocycles. The molecule has 166 valence electrons. The van der Waals surface area contributed by atoms with Crippen LogP contribution in [-0.2, 0) is 6.42 Å². The summed E-state index contributed by atoms with van der Waals surface area (Å²) in [4.78, 5) is 15.8. The van der Waals surface area contributed by atoms with Crippen LogP contribution in [0.25, 0.3) is 11.1 Å². The highest BCUT2D eigenvalue weighted by Gasteiger charge is 2.38. The van der Waals surface area contributed by atoms with Crippen molar-refractivity contribution < 1.29 is 14.6 Å². The second-order valence-electron chi connectivity index (χ2n) is 9.80. The fourth-order valence-electron chi connectivity index (χ4n) is 5.27. The molecule has 7 nitrogen and oxygen atoms in total. The third kappa shape index (κ3) is 3.59. The van der Waals surface area contributed by atoms with Crippen molar-refractivity contribution in [1.29, 1.82) is 0 Å². The zero-order valence-corrected chi connectivity index (χ0v) is 18.7. The van der Waals surface area contributed by atoms with Crippen molar-refractivity contribution in [3.63, 3.8) is 0 Å². The molecular weight excluding hydrogens is 392 g/mol. The molecule has 0 bridgehead atoms. The lowest BCUT2D eigenvalue weighted by Gasteiger charge is -2.41. The second-order valence-corrected chi connectivity index (χ2v) is 9.80. The SMILES string of the molecule is C[C@H]1CCc2c(ccc(-c3cnn(C4CCN(C)C4)c3)c2OC2(C)CCC2)N1C(=O)O. The molecule has 0 radical (unpaired) electrons. The number of fused-ring (bicyclic) bond motifs is 1. The summed E-state index contributed by atoms with van der Waals surface area (Å²) in [6, 6.07) is 4.33. The molecule has 1 saturated heterocycles. The second kappa shape index (κ2) is 7.55. The molecule has 2 aromatic rings. The Morgan fingerprint density at radius 2 is 2.10 bits per heavy atom. The van der Waals surface area contributed by atoms with E-state index in [9.17, 15) is 9.90 Å². The fourth-order valence-corrected chi connectivity index (χ4v) is 5.27. The number of likely N-dealkylation sites (tertiary alicyclic amines) is 1. The van der Waals surface area contributed by atoms with Gasteiger partial charge in [-0.05, 0) is 78.1 Å². The minimum Gasteiger partial charge on any atom is -0.487 e. The van der Waals surface area contributed by atoms with Crippen molar-refractivity contribution in [2.75, 3.05) is 25.0 Å². The maximum atomic E-state index is 12.0. The molecule has 2 atom stereocenters. The van der Waals surface area contributed by atoms with Crippen molar-refractivity contribution in [3.05, 3.63) is 30.1 Å². The monoisotopic (exact) mass is 424 g/mol. The van der Waals surface area contributed by atoms with Crippen LogP contribution in [0.4, 0.5) is 10.5 Å². The summed E-state index contributed by atoms with van der Waals surface area (Å²) in [7, 11) is 2.15. The summed E-state index contributed by atoms with van der Waals surface area (Å²) in [5, 5.41) is 14.5. The van der Waals surface area contributed by atoms with E-state index in [2.05, 4.69) is 34.8 Å². The van der Waals surface area contributed by atoms with Gasteiger partial charge in [-0.25, -0.2) is 4.79 Å². The third-order valence-corrected chi connectivity index (χ3v) is 7.37. The Morgan fingerprint density at radius 1 is 1.29 bits per heavy atom. The zero-order valence-electron chi connectivity index (χ0n) is 18.7. The lowest BCUT2D eigenvalue weighted by Crippen LogP contribution is -2.43. The lowest BCUT2D eigenvalue weighted by atomic mass is 9.81. The molecule has 1 saturated carbocycles. The van der Waals surface area contributed by atoms with Gasteiger partial charge in [0.2, 0.25) is 0 Å². The van der Waals surface area contributed by atoms with Crippen LogP contribution in [0.2, 0.25) is 0 Å². The van der Waals surface area contributed by atoms with Crippen LogP contribution in [0, 0.1) is 0 Å². The van der Waals surface area contributed by atoms with Gasteiger partial charge in [-0.15, -0.1) is 0 Å². The van der Waals surface area contributed by atoms with Gasteiger partial charge in [-0.1, -0.05) is 0 Å². The van der Waals surface area contributed by atoms with Crippen LogP contribution in [0.5, 0.6) is 5.75 Å². The largest absolute Gasteiger partial charge is 0.487 e. The Labute approximate surface area is 183 Å². The van der Waals surface area contributed by atoms with Crippen molar-refractivity contribution in [2.45, 2.75) is 70.1 Å². The predicted molar refractivity (Wildman–Crippen MR) is 120 cm³/mol. The number of aromatic nitrogens is 2. The summed E-state index contributed by atoms with van der Waals surface area (Å²) in [5.74, 6) is 0.848. The van der Waals surface area contributed by atoms with Gasteiger partial charge in [-0.2, -0.15) is 5.10 Å². The summed E-state index contributed by atoms with van der Waals surface area (Å²) < 4.78 is 8.75. The summed E-state index contributed by atoms with van der Waals surface area (Å²) >= 11 is 0. The first kappa shape index (κ1) is 20.4.